The van der Waals surface area contributed by atoms with Gasteiger partial charge in [0.15, 0.2) is 5.78 Å². The number of fused-ring (bicyclic) bond motifs is 5. The predicted octanol–water partition coefficient (Wildman–Crippen LogP) is 4.76. The molecule has 122 valence electrons. The van der Waals surface area contributed by atoms with Gasteiger partial charge in [0.1, 0.15) is 0 Å². The van der Waals surface area contributed by atoms with Gasteiger partial charge in [-0.05, 0) is 24.5 Å². The number of nitrogens with zero attached hydrogens (tertiary/aromatic N) is 2. The maximum atomic E-state index is 12.8. The Labute approximate surface area is 145 Å². The Balaban J connectivity index is 1.85. The van der Waals surface area contributed by atoms with Gasteiger partial charge >= 0.3 is 0 Å². The summed E-state index contributed by atoms with van der Waals surface area (Å²) < 4.78 is 2.30. The van der Waals surface area contributed by atoms with Crippen LogP contribution in [-0.2, 0) is 13.0 Å². The van der Waals surface area contributed by atoms with Crippen molar-refractivity contribution in [3.63, 3.8) is 0 Å². The number of carbonyl (C=O) groups is 1. The largest absolute Gasteiger partial charge is 0.338 e. The summed E-state index contributed by atoms with van der Waals surface area (Å²) in [5, 5.41) is 2.17. The van der Waals surface area contributed by atoms with E-state index in [1.807, 2.05) is 30.5 Å². The summed E-state index contributed by atoms with van der Waals surface area (Å²) in [6.07, 6.45) is 4.47. The summed E-state index contributed by atoms with van der Waals surface area (Å²) in [6.45, 7) is 0.778. The number of Topliss-reactive ketones (excluding diaryl/α,β-unsaturated/α-hetero) is 1. The number of carbonyl (C=O) groups excluding carboxylic acids is 1. The van der Waals surface area contributed by atoms with Crippen LogP contribution < -0.4 is 0 Å². The standard InChI is InChI=1S/C22H18N2O/c25-20-12-6-11-18-22(20)21-16-9-4-5-10-17(16)23-13-19(21)24(18)14-15-7-2-1-3-8-15/h1-5,7-10,13H,6,11-12,14H2. The fourth-order valence-corrected chi connectivity index (χ4v) is 4.07. The van der Waals surface area contributed by atoms with E-state index >= 15 is 0 Å². The Kier molecular flexibility index (Phi) is 3.20. The molecule has 0 unspecified atom stereocenters. The van der Waals surface area contributed by atoms with Gasteiger partial charge in [0.2, 0.25) is 0 Å². The lowest BCUT2D eigenvalue weighted by atomic mass is 9.93. The van der Waals surface area contributed by atoms with Crippen LogP contribution in [0.3, 0.4) is 0 Å². The molecule has 0 aliphatic heterocycles. The average Bonchev–Trinajstić information content (AvgIpc) is 2.98. The molecule has 0 N–H and O–H groups in total. The van der Waals surface area contributed by atoms with Crippen molar-refractivity contribution in [1.29, 1.82) is 0 Å². The fourth-order valence-electron chi connectivity index (χ4n) is 4.07. The van der Waals surface area contributed by atoms with Gasteiger partial charge in [-0.25, -0.2) is 0 Å². The van der Waals surface area contributed by atoms with Gasteiger partial charge in [-0.15, -0.1) is 0 Å². The van der Waals surface area contributed by atoms with Crippen LogP contribution in [0.1, 0.15) is 34.5 Å². The molecule has 0 saturated carbocycles. The molecule has 3 nitrogen and oxygen atoms in total. The zero-order valence-electron chi connectivity index (χ0n) is 13.9. The van der Waals surface area contributed by atoms with Gasteiger partial charge in [0, 0.05) is 35.0 Å². The van der Waals surface area contributed by atoms with E-state index in [0.717, 1.165) is 46.8 Å². The van der Waals surface area contributed by atoms with E-state index in [1.165, 1.54) is 11.3 Å². The highest BCUT2D eigenvalue weighted by Crippen LogP contribution is 2.36. The molecule has 0 atom stereocenters. The number of hydrogen-bond acceptors (Lipinski definition) is 2. The van der Waals surface area contributed by atoms with Crippen molar-refractivity contribution in [3.8, 4) is 0 Å². The summed E-state index contributed by atoms with van der Waals surface area (Å²) in [5.41, 5.74) is 5.37. The van der Waals surface area contributed by atoms with Gasteiger partial charge in [-0.2, -0.15) is 0 Å². The number of benzene rings is 2. The fraction of sp³-hybridized carbons (Fsp3) is 0.182. The molecule has 2 aromatic heterocycles. The normalized spacial score (nSPS) is 14.2. The van der Waals surface area contributed by atoms with Crippen LogP contribution in [0.5, 0.6) is 0 Å². The van der Waals surface area contributed by atoms with Crippen molar-refractivity contribution in [1.82, 2.24) is 9.55 Å². The first-order valence-corrected chi connectivity index (χ1v) is 8.79. The van der Waals surface area contributed by atoms with E-state index in [1.54, 1.807) is 0 Å². The second kappa shape index (κ2) is 5.55. The lowest BCUT2D eigenvalue weighted by Crippen LogP contribution is -2.13. The highest BCUT2D eigenvalue weighted by atomic mass is 16.1. The van der Waals surface area contributed by atoms with Gasteiger partial charge in [-0.3, -0.25) is 9.78 Å². The molecule has 0 saturated heterocycles. The predicted molar refractivity (Wildman–Crippen MR) is 100 cm³/mol. The van der Waals surface area contributed by atoms with Crippen molar-refractivity contribution in [2.24, 2.45) is 0 Å². The summed E-state index contributed by atoms with van der Waals surface area (Å²) in [5.74, 6) is 0.273. The minimum absolute atomic E-state index is 0.273. The summed E-state index contributed by atoms with van der Waals surface area (Å²) in [7, 11) is 0. The highest BCUT2D eigenvalue weighted by molar-refractivity contribution is 6.18. The molecule has 0 fully saturated rings. The molecule has 1 aliphatic rings. The van der Waals surface area contributed by atoms with Crippen LogP contribution in [-0.4, -0.2) is 15.3 Å². The molecule has 2 heterocycles. The van der Waals surface area contributed by atoms with Crippen LogP contribution in [0.25, 0.3) is 21.8 Å². The van der Waals surface area contributed by atoms with Crippen molar-refractivity contribution in [2.45, 2.75) is 25.8 Å². The Hall–Kier alpha value is -2.94. The quantitative estimate of drug-likeness (QED) is 0.532. The monoisotopic (exact) mass is 326 g/mol. The zero-order valence-corrected chi connectivity index (χ0v) is 13.9. The Morgan fingerprint density at radius 1 is 0.960 bits per heavy atom. The van der Waals surface area contributed by atoms with Crippen molar-refractivity contribution in [2.75, 3.05) is 0 Å². The number of aromatic nitrogens is 2. The second-order valence-electron chi connectivity index (χ2n) is 6.71. The van der Waals surface area contributed by atoms with Crippen LogP contribution in [0, 0.1) is 0 Å². The molecule has 5 rings (SSSR count). The lowest BCUT2D eigenvalue weighted by molar-refractivity contribution is 0.0973. The third kappa shape index (κ3) is 2.19. The molecular formula is C22H18N2O. The van der Waals surface area contributed by atoms with Crippen molar-refractivity contribution < 1.29 is 4.79 Å². The molecular weight excluding hydrogens is 308 g/mol. The van der Waals surface area contributed by atoms with E-state index in [2.05, 4.69) is 39.9 Å². The molecule has 0 bridgehead atoms. The maximum Gasteiger partial charge on any atom is 0.165 e. The first kappa shape index (κ1) is 14.4. The Morgan fingerprint density at radius 2 is 1.76 bits per heavy atom. The molecule has 0 radical (unpaired) electrons. The molecule has 0 spiro atoms. The Morgan fingerprint density at radius 3 is 2.64 bits per heavy atom. The van der Waals surface area contributed by atoms with Gasteiger partial charge in [0.05, 0.1) is 17.2 Å². The topological polar surface area (TPSA) is 34.9 Å². The lowest BCUT2D eigenvalue weighted by Gasteiger charge is -2.15. The molecule has 0 amide bonds. The maximum absolute atomic E-state index is 12.8. The minimum atomic E-state index is 0.273. The number of para-hydroxylation sites is 1. The smallest absolute Gasteiger partial charge is 0.165 e. The van der Waals surface area contributed by atoms with E-state index < -0.39 is 0 Å². The second-order valence-corrected chi connectivity index (χ2v) is 6.71. The van der Waals surface area contributed by atoms with Crippen LogP contribution in [0.2, 0.25) is 0 Å². The summed E-state index contributed by atoms with van der Waals surface area (Å²) >= 11 is 0. The molecule has 4 aromatic rings. The first-order chi connectivity index (χ1) is 12.3. The van der Waals surface area contributed by atoms with E-state index in [0.29, 0.717) is 6.42 Å². The third-order valence-electron chi connectivity index (χ3n) is 5.19. The van der Waals surface area contributed by atoms with Gasteiger partial charge in [-0.1, -0.05) is 48.5 Å². The highest BCUT2D eigenvalue weighted by Gasteiger charge is 2.27. The zero-order chi connectivity index (χ0) is 16.8. The minimum Gasteiger partial charge on any atom is -0.338 e. The molecule has 2 aromatic carbocycles. The van der Waals surface area contributed by atoms with Crippen LogP contribution >= 0.6 is 0 Å². The SMILES string of the molecule is O=C1CCCc2c1c1c3ccccc3ncc1n2Cc1ccccc1. The van der Waals surface area contributed by atoms with Crippen molar-refractivity contribution >= 4 is 27.6 Å². The number of rotatable bonds is 2. The van der Waals surface area contributed by atoms with E-state index in [9.17, 15) is 4.79 Å². The average molecular weight is 326 g/mol. The summed E-state index contributed by atoms with van der Waals surface area (Å²) in [4.78, 5) is 17.4. The number of hydrogen-bond donors (Lipinski definition) is 0. The Bertz CT molecular complexity index is 1110. The molecule has 25 heavy (non-hydrogen) atoms. The third-order valence-corrected chi connectivity index (χ3v) is 5.19. The van der Waals surface area contributed by atoms with E-state index in [4.69, 9.17) is 0 Å². The van der Waals surface area contributed by atoms with Crippen molar-refractivity contribution in [3.05, 3.63) is 77.6 Å². The van der Waals surface area contributed by atoms with Crippen LogP contribution in [0.15, 0.2) is 60.8 Å². The summed E-state index contributed by atoms with van der Waals surface area (Å²) in [6, 6.07) is 18.6. The van der Waals surface area contributed by atoms with Gasteiger partial charge < -0.3 is 4.57 Å². The number of pyridine rings is 1. The van der Waals surface area contributed by atoms with E-state index in [-0.39, 0.29) is 5.78 Å². The molecule has 1 aliphatic carbocycles. The van der Waals surface area contributed by atoms with Crippen LogP contribution in [0.4, 0.5) is 0 Å². The molecule has 3 heteroatoms. The number of ketones is 1. The van der Waals surface area contributed by atoms with Gasteiger partial charge in [0.25, 0.3) is 0 Å². The first-order valence-electron chi connectivity index (χ1n) is 8.79.